The van der Waals surface area contributed by atoms with Gasteiger partial charge in [0.15, 0.2) is 11.6 Å². The van der Waals surface area contributed by atoms with Crippen molar-refractivity contribution in [2.75, 3.05) is 19.8 Å². The quantitative estimate of drug-likeness (QED) is 0.485. The van der Waals surface area contributed by atoms with Crippen LogP contribution >= 0.6 is 0 Å². The van der Waals surface area contributed by atoms with Crippen LogP contribution < -0.4 is 14.8 Å². The molecule has 2 aromatic carbocycles. The number of benzene rings is 2. The molecule has 2 amide bonds. The Morgan fingerprint density at radius 1 is 0.907 bits per heavy atom. The maximum Gasteiger partial charge on any atom is 0.227 e. The molecule has 0 unspecified atom stereocenters. The summed E-state index contributed by atoms with van der Waals surface area (Å²) in [7, 11) is 0. The second-order valence-electron chi connectivity index (χ2n) is 12.3. The number of ketones is 2. The smallest absolute Gasteiger partial charge is 0.227 e. The van der Waals surface area contributed by atoms with Crippen LogP contribution in [-0.4, -0.2) is 60.1 Å². The molecule has 8 heteroatoms. The predicted molar refractivity (Wildman–Crippen MR) is 163 cm³/mol. The molecule has 1 N–H and O–H groups in total. The molecule has 1 saturated carbocycles. The second kappa shape index (κ2) is 15.2. The van der Waals surface area contributed by atoms with E-state index in [1.165, 1.54) is 0 Å². The number of ether oxygens (including phenoxy) is 2. The summed E-state index contributed by atoms with van der Waals surface area (Å²) in [4.78, 5) is 55.9. The fourth-order valence-corrected chi connectivity index (χ4v) is 6.59. The molecule has 2 aliphatic heterocycles. The first-order chi connectivity index (χ1) is 21.0. The fourth-order valence-electron chi connectivity index (χ4n) is 6.59. The van der Waals surface area contributed by atoms with Gasteiger partial charge in [0, 0.05) is 32.2 Å². The third-order valence-electron chi connectivity index (χ3n) is 9.02. The van der Waals surface area contributed by atoms with Crippen LogP contribution in [0.25, 0.3) is 0 Å². The molecule has 0 spiro atoms. The zero-order chi connectivity index (χ0) is 30.0. The van der Waals surface area contributed by atoms with Gasteiger partial charge < -0.3 is 19.7 Å². The highest BCUT2D eigenvalue weighted by atomic mass is 16.5. The first kappa shape index (κ1) is 30.8. The van der Waals surface area contributed by atoms with Gasteiger partial charge in [0.1, 0.15) is 18.1 Å². The van der Waals surface area contributed by atoms with Crippen LogP contribution in [0, 0.1) is 11.8 Å². The van der Waals surface area contributed by atoms with E-state index >= 15 is 0 Å². The lowest BCUT2D eigenvalue weighted by molar-refractivity contribution is -0.138. The van der Waals surface area contributed by atoms with Gasteiger partial charge in [0.05, 0.1) is 24.6 Å². The standard InChI is InChI=1S/C35H44N2O6/c38-32(22-25-10-4-5-11-25)30-16-6-7-19-42-29-15-8-12-26(20-29)21-31(37-18-9-17-34(37)40)33(39)23-27(35(41)36-30)24-43-28-13-2-1-3-14-28/h1-3,8,12-15,20,25,27,30-31H,4-7,9-11,16-19,21-24H2,(H,36,41)/t27-,30-,31-/m0/s1. The van der Waals surface area contributed by atoms with Gasteiger partial charge in [-0.15, -0.1) is 0 Å². The maximum atomic E-state index is 14.0. The highest BCUT2D eigenvalue weighted by Crippen LogP contribution is 2.29. The molecule has 0 radical (unpaired) electrons. The van der Waals surface area contributed by atoms with Crippen molar-refractivity contribution < 1.29 is 28.7 Å². The number of hydrogen-bond donors (Lipinski definition) is 1. The van der Waals surface area contributed by atoms with E-state index in [9.17, 15) is 19.2 Å². The van der Waals surface area contributed by atoms with Gasteiger partial charge in [-0.25, -0.2) is 0 Å². The van der Waals surface area contributed by atoms with Crippen molar-refractivity contribution in [1.29, 1.82) is 0 Å². The molecular weight excluding hydrogens is 544 g/mol. The molecule has 3 aliphatic rings. The number of para-hydroxylation sites is 1. The normalized spacial score (nSPS) is 24.4. The third-order valence-corrected chi connectivity index (χ3v) is 9.02. The van der Waals surface area contributed by atoms with Gasteiger partial charge >= 0.3 is 0 Å². The van der Waals surface area contributed by atoms with E-state index in [1.54, 1.807) is 4.90 Å². The molecule has 2 bridgehead atoms. The van der Waals surface area contributed by atoms with Gasteiger partial charge in [-0.05, 0) is 61.4 Å². The van der Waals surface area contributed by atoms with E-state index in [0.717, 1.165) is 49.8 Å². The van der Waals surface area contributed by atoms with E-state index in [1.807, 2.05) is 54.6 Å². The molecular formula is C35H44N2O6. The summed E-state index contributed by atoms with van der Waals surface area (Å²) in [5.74, 6) is 0.371. The van der Waals surface area contributed by atoms with Crippen molar-refractivity contribution in [3.05, 3.63) is 60.2 Å². The van der Waals surface area contributed by atoms with Crippen LogP contribution in [0.15, 0.2) is 54.6 Å². The minimum Gasteiger partial charge on any atom is -0.494 e. The Hall–Kier alpha value is -3.68. The Labute approximate surface area is 254 Å². The van der Waals surface area contributed by atoms with Crippen LogP contribution in [0.4, 0.5) is 0 Å². The lowest BCUT2D eigenvalue weighted by Gasteiger charge is -2.29. The lowest BCUT2D eigenvalue weighted by atomic mass is 9.91. The zero-order valence-electron chi connectivity index (χ0n) is 25.0. The topological polar surface area (TPSA) is 102 Å². The number of amides is 2. The van der Waals surface area contributed by atoms with Gasteiger partial charge in [-0.3, -0.25) is 19.2 Å². The first-order valence-corrected chi connectivity index (χ1v) is 16.0. The predicted octanol–water partition coefficient (Wildman–Crippen LogP) is 5.07. The van der Waals surface area contributed by atoms with Crippen molar-refractivity contribution in [2.24, 2.45) is 11.8 Å². The van der Waals surface area contributed by atoms with Crippen LogP contribution in [0.2, 0.25) is 0 Å². The van der Waals surface area contributed by atoms with Crippen molar-refractivity contribution in [3.8, 4) is 11.5 Å². The average molecular weight is 589 g/mol. The number of likely N-dealkylation sites (tertiary alicyclic amines) is 1. The lowest BCUT2D eigenvalue weighted by Crippen LogP contribution is -2.48. The van der Waals surface area contributed by atoms with Crippen molar-refractivity contribution >= 4 is 23.4 Å². The van der Waals surface area contributed by atoms with E-state index in [0.29, 0.717) is 56.9 Å². The van der Waals surface area contributed by atoms with E-state index in [2.05, 4.69) is 5.32 Å². The van der Waals surface area contributed by atoms with Crippen LogP contribution in [0.3, 0.4) is 0 Å². The van der Waals surface area contributed by atoms with E-state index in [-0.39, 0.29) is 36.4 Å². The molecule has 1 aliphatic carbocycles. The number of nitrogens with zero attached hydrogens (tertiary/aromatic N) is 1. The molecule has 2 heterocycles. The Morgan fingerprint density at radius 2 is 1.70 bits per heavy atom. The summed E-state index contributed by atoms with van der Waals surface area (Å²) in [5, 5.41) is 3.04. The minimum atomic E-state index is -0.808. The summed E-state index contributed by atoms with van der Waals surface area (Å²) in [6, 6.07) is 15.6. The number of Topliss-reactive ketones (excluding diaryl/α,β-unsaturated/α-hetero) is 2. The van der Waals surface area contributed by atoms with Gasteiger partial charge in [0.25, 0.3) is 0 Å². The summed E-state index contributed by atoms with van der Waals surface area (Å²) in [5.41, 5.74) is 0.904. The third kappa shape index (κ3) is 8.68. The van der Waals surface area contributed by atoms with Crippen molar-refractivity contribution in [2.45, 2.75) is 89.1 Å². The van der Waals surface area contributed by atoms with Crippen LogP contribution in [-0.2, 0) is 25.6 Å². The molecule has 8 nitrogen and oxygen atoms in total. The van der Waals surface area contributed by atoms with E-state index < -0.39 is 18.0 Å². The Bertz CT molecular complexity index is 1260. The van der Waals surface area contributed by atoms with Crippen molar-refractivity contribution in [1.82, 2.24) is 10.2 Å². The molecule has 5 rings (SSSR count). The monoisotopic (exact) mass is 588 g/mol. The highest BCUT2D eigenvalue weighted by molar-refractivity contribution is 5.95. The molecule has 2 fully saturated rings. The molecule has 0 aromatic heterocycles. The number of carbonyl (C=O) groups excluding carboxylic acids is 4. The summed E-state index contributed by atoms with van der Waals surface area (Å²) in [6.45, 7) is 0.997. The van der Waals surface area contributed by atoms with Crippen LogP contribution in [0.1, 0.15) is 76.2 Å². The fraction of sp³-hybridized carbons (Fsp3) is 0.543. The van der Waals surface area contributed by atoms with E-state index in [4.69, 9.17) is 9.47 Å². The molecule has 1 saturated heterocycles. The Morgan fingerprint density at radius 3 is 2.47 bits per heavy atom. The second-order valence-corrected chi connectivity index (χ2v) is 12.3. The molecule has 2 aromatic rings. The highest BCUT2D eigenvalue weighted by Gasteiger charge is 2.36. The summed E-state index contributed by atoms with van der Waals surface area (Å²) >= 11 is 0. The largest absolute Gasteiger partial charge is 0.494 e. The van der Waals surface area contributed by atoms with Gasteiger partial charge in [-0.2, -0.15) is 0 Å². The summed E-state index contributed by atoms with van der Waals surface area (Å²) < 4.78 is 12.0. The van der Waals surface area contributed by atoms with Gasteiger partial charge in [-0.1, -0.05) is 56.0 Å². The number of rotatable bonds is 7. The Kier molecular flexibility index (Phi) is 10.9. The SMILES string of the molecule is O=C1N[C@H](C(=O)CC2CCCC2)CCCCOc2cccc(c2)C[C@H](N2CCCC2=O)C(=O)C[C@H]1COc1ccccc1. The minimum absolute atomic E-state index is 0.00485. The average Bonchev–Trinajstić information content (AvgIpc) is 3.69. The molecule has 3 atom stereocenters. The van der Waals surface area contributed by atoms with Gasteiger partial charge in [0.2, 0.25) is 11.8 Å². The van der Waals surface area contributed by atoms with Crippen molar-refractivity contribution in [3.63, 3.8) is 0 Å². The Balaban J connectivity index is 1.41. The summed E-state index contributed by atoms with van der Waals surface area (Å²) in [6.07, 6.45) is 8.24. The number of fused-ring (bicyclic) bond motifs is 2. The first-order valence-electron chi connectivity index (χ1n) is 16.0. The number of hydrogen-bond acceptors (Lipinski definition) is 6. The number of nitrogens with one attached hydrogen (secondary N) is 1. The molecule has 230 valence electrons. The number of carbonyl (C=O) groups is 4. The maximum absolute atomic E-state index is 14.0. The van der Waals surface area contributed by atoms with Crippen LogP contribution in [0.5, 0.6) is 11.5 Å². The molecule has 43 heavy (non-hydrogen) atoms. The zero-order valence-corrected chi connectivity index (χ0v) is 25.0.